The minimum absolute atomic E-state index is 0.0343. The summed E-state index contributed by atoms with van der Waals surface area (Å²) in [6, 6.07) is 13.9. The van der Waals surface area contributed by atoms with Gasteiger partial charge in [0.1, 0.15) is 12.6 Å². The third-order valence-corrected chi connectivity index (χ3v) is 5.45. The smallest absolute Gasteiger partial charge is 0.404 e. The minimum atomic E-state index is -1.16. The fourth-order valence-corrected chi connectivity index (χ4v) is 4.01. The zero-order chi connectivity index (χ0) is 21.4. The van der Waals surface area contributed by atoms with Crippen LogP contribution < -0.4 is 5.32 Å². The second-order valence-electron chi connectivity index (χ2n) is 7.34. The van der Waals surface area contributed by atoms with Crippen molar-refractivity contribution in [3.8, 4) is 5.82 Å². The first-order valence-corrected chi connectivity index (χ1v) is 9.86. The zero-order valence-electron chi connectivity index (χ0n) is 16.5. The van der Waals surface area contributed by atoms with Gasteiger partial charge in [-0.05, 0) is 17.7 Å². The Hall–Kier alpha value is -3.92. The molecule has 2 atom stereocenters. The average Bonchev–Trinajstić information content (AvgIpc) is 3.35. The van der Waals surface area contributed by atoms with Gasteiger partial charge < -0.3 is 15.3 Å². The van der Waals surface area contributed by atoms with Gasteiger partial charge in [-0.25, -0.2) is 19.3 Å². The maximum absolute atomic E-state index is 13.1. The summed E-state index contributed by atoms with van der Waals surface area (Å²) in [5.74, 6) is 0.635. The van der Waals surface area contributed by atoms with E-state index < -0.39 is 12.1 Å². The standard InChI is InChI=1S/C21H20N6O4/c28-20(29)23-10-16-19-15(11-26(24-19)18-8-4-5-9-22-18)17-12-25(16)21(30)27(17)31-13-14-6-2-1-3-7-14/h1-9,11,16-17,23H,10,12-13H2,(H,28,29). The maximum atomic E-state index is 13.1. The van der Waals surface area contributed by atoms with Crippen molar-refractivity contribution in [2.75, 3.05) is 13.1 Å². The summed E-state index contributed by atoms with van der Waals surface area (Å²) in [5.41, 5.74) is 2.40. The van der Waals surface area contributed by atoms with Gasteiger partial charge in [-0.1, -0.05) is 36.4 Å². The van der Waals surface area contributed by atoms with Crippen LogP contribution in [0, 0.1) is 0 Å². The Kier molecular flexibility index (Phi) is 4.75. The molecular weight excluding hydrogens is 400 g/mol. The summed E-state index contributed by atoms with van der Waals surface area (Å²) in [6.45, 7) is 0.672. The van der Waals surface area contributed by atoms with Crippen molar-refractivity contribution in [1.82, 2.24) is 30.0 Å². The van der Waals surface area contributed by atoms with Crippen LogP contribution in [0.4, 0.5) is 9.59 Å². The second-order valence-corrected chi connectivity index (χ2v) is 7.34. The summed E-state index contributed by atoms with van der Waals surface area (Å²) in [4.78, 5) is 36.0. The minimum Gasteiger partial charge on any atom is -0.465 e. The summed E-state index contributed by atoms with van der Waals surface area (Å²) in [5, 5.41) is 17.5. The Bertz CT molecular complexity index is 1100. The number of carbonyl (C=O) groups is 2. The van der Waals surface area contributed by atoms with Crippen LogP contribution in [0.1, 0.15) is 28.9 Å². The normalized spacial score (nSPS) is 19.4. The number of rotatable bonds is 6. The molecule has 0 radical (unpaired) electrons. The van der Waals surface area contributed by atoms with Crippen LogP contribution in [-0.2, 0) is 11.4 Å². The van der Waals surface area contributed by atoms with Gasteiger partial charge in [0, 0.05) is 24.5 Å². The van der Waals surface area contributed by atoms with Crippen molar-refractivity contribution in [2.45, 2.75) is 18.7 Å². The van der Waals surface area contributed by atoms with Crippen molar-refractivity contribution < 1.29 is 19.5 Å². The molecule has 3 aromatic rings. The quantitative estimate of drug-likeness (QED) is 0.634. The first-order chi connectivity index (χ1) is 15.1. The number of carbonyl (C=O) groups excluding carboxylic acids is 1. The number of hydrogen-bond donors (Lipinski definition) is 2. The number of urea groups is 1. The molecule has 2 unspecified atom stereocenters. The van der Waals surface area contributed by atoms with E-state index in [0.717, 1.165) is 11.1 Å². The van der Waals surface area contributed by atoms with Gasteiger partial charge in [-0.15, -0.1) is 0 Å². The Morgan fingerprint density at radius 3 is 2.74 bits per heavy atom. The van der Waals surface area contributed by atoms with Gasteiger partial charge in [0.05, 0.1) is 18.3 Å². The van der Waals surface area contributed by atoms with Crippen molar-refractivity contribution >= 4 is 12.1 Å². The molecule has 2 aliphatic rings. The lowest BCUT2D eigenvalue weighted by molar-refractivity contribution is -0.141. The molecule has 5 rings (SSSR count). The number of nitrogens with one attached hydrogen (secondary N) is 1. The van der Waals surface area contributed by atoms with Crippen LogP contribution in [0.15, 0.2) is 60.9 Å². The van der Waals surface area contributed by atoms with E-state index in [2.05, 4.69) is 15.4 Å². The zero-order valence-corrected chi connectivity index (χ0v) is 16.5. The number of nitrogens with zero attached hydrogens (tertiary/aromatic N) is 5. The largest absolute Gasteiger partial charge is 0.465 e. The fraction of sp³-hybridized carbons (Fsp3) is 0.238. The number of fused-ring (bicyclic) bond motifs is 4. The lowest BCUT2D eigenvalue weighted by Crippen LogP contribution is -2.41. The van der Waals surface area contributed by atoms with Crippen LogP contribution in [-0.4, -0.2) is 55.0 Å². The van der Waals surface area contributed by atoms with E-state index in [1.165, 1.54) is 5.06 Å². The molecule has 0 aliphatic carbocycles. The molecule has 31 heavy (non-hydrogen) atoms. The number of amides is 3. The number of hydroxylamine groups is 2. The van der Waals surface area contributed by atoms with Gasteiger partial charge in [0.25, 0.3) is 0 Å². The first-order valence-electron chi connectivity index (χ1n) is 9.86. The van der Waals surface area contributed by atoms with Crippen molar-refractivity contribution in [3.05, 3.63) is 77.7 Å². The predicted octanol–water partition coefficient (Wildman–Crippen LogP) is 2.50. The molecule has 2 aromatic heterocycles. The molecule has 1 saturated heterocycles. The Balaban J connectivity index is 1.48. The van der Waals surface area contributed by atoms with Crippen LogP contribution in [0.5, 0.6) is 0 Å². The van der Waals surface area contributed by atoms with Crippen LogP contribution >= 0.6 is 0 Å². The fourth-order valence-electron chi connectivity index (χ4n) is 4.01. The van der Waals surface area contributed by atoms with Gasteiger partial charge in [-0.3, -0.25) is 4.84 Å². The van der Waals surface area contributed by atoms with E-state index in [-0.39, 0.29) is 25.2 Å². The van der Waals surface area contributed by atoms with Gasteiger partial charge >= 0.3 is 12.1 Å². The maximum Gasteiger partial charge on any atom is 0.404 e. The predicted molar refractivity (Wildman–Crippen MR) is 108 cm³/mol. The van der Waals surface area contributed by atoms with E-state index in [1.807, 2.05) is 54.7 Å². The van der Waals surface area contributed by atoms with Crippen molar-refractivity contribution in [3.63, 3.8) is 0 Å². The monoisotopic (exact) mass is 420 g/mol. The third kappa shape index (κ3) is 3.46. The molecule has 2 aliphatic heterocycles. The van der Waals surface area contributed by atoms with Gasteiger partial charge in [-0.2, -0.15) is 10.2 Å². The summed E-state index contributed by atoms with van der Waals surface area (Å²) in [6.07, 6.45) is 2.36. The summed E-state index contributed by atoms with van der Waals surface area (Å²) >= 11 is 0. The molecule has 158 valence electrons. The molecule has 4 heterocycles. The van der Waals surface area contributed by atoms with Crippen LogP contribution in [0.25, 0.3) is 5.82 Å². The topological polar surface area (TPSA) is 113 Å². The van der Waals surface area contributed by atoms with E-state index in [9.17, 15) is 9.59 Å². The Morgan fingerprint density at radius 1 is 1.19 bits per heavy atom. The molecule has 0 saturated carbocycles. The van der Waals surface area contributed by atoms with E-state index in [0.29, 0.717) is 18.1 Å². The van der Waals surface area contributed by atoms with Gasteiger partial charge in [0.15, 0.2) is 5.82 Å². The summed E-state index contributed by atoms with van der Waals surface area (Å²) in [7, 11) is 0. The summed E-state index contributed by atoms with van der Waals surface area (Å²) < 4.78 is 1.65. The number of carboxylic acid groups (broad SMARTS) is 1. The van der Waals surface area contributed by atoms with Crippen LogP contribution in [0.3, 0.4) is 0 Å². The van der Waals surface area contributed by atoms with Crippen molar-refractivity contribution in [2.24, 2.45) is 0 Å². The number of pyridine rings is 1. The molecule has 10 nitrogen and oxygen atoms in total. The Labute approximate surface area is 177 Å². The molecular formula is C21H20N6O4. The van der Waals surface area contributed by atoms with E-state index in [1.54, 1.807) is 15.8 Å². The molecule has 1 fully saturated rings. The first kappa shape index (κ1) is 19.1. The molecule has 10 heteroatoms. The number of aromatic nitrogens is 3. The molecule has 1 aromatic carbocycles. The lowest BCUT2D eigenvalue weighted by Gasteiger charge is -2.29. The SMILES string of the molecule is O=C(O)NCC1c2nn(-c3ccccn3)cc2C2CN1C(=O)N2OCc1ccccc1. The molecule has 0 spiro atoms. The highest BCUT2D eigenvalue weighted by Gasteiger charge is 2.50. The van der Waals surface area contributed by atoms with E-state index in [4.69, 9.17) is 9.94 Å². The average molecular weight is 420 g/mol. The van der Waals surface area contributed by atoms with E-state index >= 15 is 0 Å². The highest BCUT2D eigenvalue weighted by molar-refractivity contribution is 5.78. The van der Waals surface area contributed by atoms with Crippen molar-refractivity contribution in [1.29, 1.82) is 0 Å². The third-order valence-electron chi connectivity index (χ3n) is 5.45. The molecule has 2 bridgehead atoms. The molecule has 3 amide bonds. The highest BCUT2D eigenvalue weighted by Crippen LogP contribution is 2.43. The second kappa shape index (κ2) is 7.73. The number of benzene rings is 1. The molecule has 2 N–H and O–H groups in total. The highest BCUT2D eigenvalue weighted by atomic mass is 16.7. The van der Waals surface area contributed by atoms with Crippen LogP contribution in [0.2, 0.25) is 0 Å². The lowest BCUT2D eigenvalue weighted by atomic mass is 9.98. The van der Waals surface area contributed by atoms with Gasteiger partial charge in [0.2, 0.25) is 0 Å². The number of hydrogen-bond acceptors (Lipinski definition) is 5. The Morgan fingerprint density at radius 2 is 2.00 bits per heavy atom.